The number of hydrogen-bond acceptors (Lipinski definition) is 4. The normalized spacial score (nSPS) is 15.9. The standard InChI is InChI=1S/C12H17N3OS/c13-10-4-5-11(14-8-10)17-9-12(16)15-6-2-1-3-7-15/h4-5,8H,1-3,6-7,9,13H2. The van der Waals surface area contributed by atoms with Gasteiger partial charge in [0.05, 0.1) is 22.7 Å². The molecule has 0 spiro atoms. The molecular weight excluding hydrogens is 234 g/mol. The highest BCUT2D eigenvalue weighted by molar-refractivity contribution is 7.99. The Morgan fingerprint density at radius 2 is 2.12 bits per heavy atom. The van der Waals surface area contributed by atoms with E-state index in [0.717, 1.165) is 31.0 Å². The number of nitrogens with zero attached hydrogens (tertiary/aromatic N) is 2. The average molecular weight is 251 g/mol. The van der Waals surface area contributed by atoms with Crippen LogP contribution in [-0.2, 0) is 4.79 Å². The molecule has 0 aliphatic carbocycles. The molecule has 2 heterocycles. The van der Waals surface area contributed by atoms with Crippen LogP contribution in [0.2, 0.25) is 0 Å². The van der Waals surface area contributed by atoms with Crippen molar-refractivity contribution in [1.29, 1.82) is 0 Å². The van der Waals surface area contributed by atoms with Crippen LogP contribution in [0.1, 0.15) is 19.3 Å². The molecule has 4 nitrogen and oxygen atoms in total. The van der Waals surface area contributed by atoms with E-state index in [-0.39, 0.29) is 5.91 Å². The van der Waals surface area contributed by atoms with E-state index in [1.54, 1.807) is 12.3 Å². The lowest BCUT2D eigenvalue weighted by Gasteiger charge is -2.26. The monoisotopic (exact) mass is 251 g/mol. The summed E-state index contributed by atoms with van der Waals surface area (Å²) in [6, 6.07) is 3.66. The number of pyridine rings is 1. The summed E-state index contributed by atoms with van der Waals surface area (Å²) < 4.78 is 0. The third-order valence-corrected chi connectivity index (χ3v) is 3.74. The number of likely N-dealkylation sites (tertiary alicyclic amines) is 1. The Morgan fingerprint density at radius 1 is 1.35 bits per heavy atom. The summed E-state index contributed by atoms with van der Waals surface area (Å²) in [4.78, 5) is 18.0. The summed E-state index contributed by atoms with van der Waals surface area (Å²) in [5.74, 6) is 0.685. The number of thioether (sulfide) groups is 1. The van der Waals surface area contributed by atoms with Crippen LogP contribution >= 0.6 is 11.8 Å². The van der Waals surface area contributed by atoms with Gasteiger partial charge in [-0.25, -0.2) is 4.98 Å². The molecule has 1 aromatic rings. The lowest BCUT2D eigenvalue weighted by atomic mass is 10.1. The van der Waals surface area contributed by atoms with Gasteiger partial charge in [0.15, 0.2) is 0 Å². The van der Waals surface area contributed by atoms with E-state index in [1.807, 2.05) is 11.0 Å². The van der Waals surface area contributed by atoms with E-state index in [4.69, 9.17) is 5.73 Å². The summed E-state index contributed by atoms with van der Waals surface area (Å²) in [5.41, 5.74) is 6.20. The van der Waals surface area contributed by atoms with Gasteiger partial charge in [-0.15, -0.1) is 0 Å². The number of amides is 1. The maximum atomic E-state index is 11.9. The maximum Gasteiger partial charge on any atom is 0.232 e. The molecule has 92 valence electrons. The third-order valence-electron chi connectivity index (χ3n) is 2.81. The van der Waals surface area contributed by atoms with Gasteiger partial charge < -0.3 is 10.6 Å². The Labute approximate surface area is 106 Å². The minimum atomic E-state index is 0.216. The zero-order valence-corrected chi connectivity index (χ0v) is 10.6. The van der Waals surface area contributed by atoms with Crippen LogP contribution in [0.15, 0.2) is 23.4 Å². The molecule has 0 radical (unpaired) electrons. The van der Waals surface area contributed by atoms with Crippen molar-refractivity contribution in [1.82, 2.24) is 9.88 Å². The predicted molar refractivity (Wildman–Crippen MR) is 69.8 cm³/mol. The molecule has 5 heteroatoms. The van der Waals surface area contributed by atoms with Crippen LogP contribution in [0.3, 0.4) is 0 Å². The second-order valence-electron chi connectivity index (χ2n) is 4.16. The molecule has 0 unspecified atom stereocenters. The summed E-state index contributed by atoms with van der Waals surface area (Å²) in [7, 11) is 0. The average Bonchev–Trinajstić information content (AvgIpc) is 2.39. The minimum absolute atomic E-state index is 0.216. The van der Waals surface area contributed by atoms with Crippen LogP contribution in [0, 0.1) is 0 Å². The molecule has 1 fully saturated rings. The molecule has 17 heavy (non-hydrogen) atoms. The molecular formula is C12H17N3OS. The summed E-state index contributed by atoms with van der Waals surface area (Å²) in [5, 5.41) is 0.851. The highest BCUT2D eigenvalue weighted by Gasteiger charge is 2.16. The predicted octanol–water partition coefficient (Wildman–Crippen LogP) is 1.77. The van der Waals surface area contributed by atoms with E-state index in [9.17, 15) is 4.79 Å². The van der Waals surface area contributed by atoms with Crippen molar-refractivity contribution in [2.24, 2.45) is 0 Å². The van der Waals surface area contributed by atoms with Crippen LogP contribution in [0.25, 0.3) is 0 Å². The number of nitrogens with two attached hydrogens (primary N) is 1. The minimum Gasteiger partial charge on any atom is -0.397 e. The fourth-order valence-corrected chi connectivity index (χ4v) is 2.59. The van der Waals surface area contributed by atoms with Crippen LogP contribution in [0.5, 0.6) is 0 Å². The fraction of sp³-hybridized carbons (Fsp3) is 0.500. The molecule has 0 saturated carbocycles. The fourth-order valence-electron chi connectivity index (χ4n) is 1.85. The van der Waals surface area contributed by atoms with Crippen molar-refractivity contribution in [2.45, 2.75) is 24.3 Å². The zero-order chi connectivity index (χ0) is 12.1. The quantitative estimate of drug-likeness (QED) is 0.832. The van der Waals surface area contributed by atoms with Crippen molar-refractivity contribution in [3.63, 3.8) is 0 Å². The zero-order valence-electron chi connectivity index (χ0n) is 9.76. The number of nitrogen functional groups attached to an aromatic ring is 1. The first kappa shape index (κ1) is 12.2. The van der Waals surface area contributed by atoms with Gasteiger partial charge in [-0.05, 0) is 31.4 Å². The number of carbonyl (C=O) groups is 1. The van der Waals surface area contributed by atoms with Gasteiger partial charge in [0.1, 0.15) is 0 Å². The highest BCUT2D eigenvalue weighted by Crippen LogP contribution is 2.17. The summed E-state index contributed by atoms with van der Waals surface area (Å²) in [6.45, 7) is 1.82. The molecule has 0 bridgehead atoms. The SMILES string of the molecule is Nc1ccc(SCC(=O)N2CCCCC2)nc1. The number of piperidine rings is 1. The molecule has 1 aromatic heterocycles. The maximum absolute atomic E-state index is 11.9. The van der Waals surface area contributed by atoms with Gasteiger partial charge in [0, 0.05) is 13.1 Å². The molecule has 1 amide bonds. The van der Waals surface area contributed by atoms with E-state index in [0.29, 0.717) is 11.4 Å². The first-order valence-electron chi connectivity index (χ1n) is 5.88. The first-order valence-corrected chi connectivity index (χ1v) is 6.86. The molecule has 1 aliphatic rings. The molecule has 0 aromatic carbocycles. The van der Waals surface area contributed by atoms with Gasteiger partial charge in [0.25, 0.3) is 0 Å². The number of rotatable bonds is 3. The molecule has 1 saturated heterocycles. The number of aromatic nitrogens is 1. The van der Waals surface area contributed by atoms with Crippen molar-refractivity contribution < 1.29 is 4.79 Å². The topological polar surface area (TPSA) is 59.2 Å². The van der Waals surface area contributed by atoms with E-state index >= 15 is 0 Å². The Hall–Kier alpha value is -1.23. The van der Waals surface area contributed by atoms with Gasteiger partial charge in [-0.1, -0.05) is 11.8 Å². The first-order chi connectivity index (χ1) is 8.25. The van der Waals surface area contributed by atoms with Crippen molar-refractivity contribution in [3.05, 3.63) is 18.3 Å². The molecule has 0 atom stereocenters. The van der Waals surface area contributed by atoms with Crippen molar-refractivity contribution >= 4 is 23.4 Å². The van der Waals surface area contributed by atoms with Crippen molar-refractivity contribution in [3.8, 4) is 0 Å². The molecule has 2 rings (SSSR count). The second-order valence-corrected chi connectivity index (χ2v) is 5.16. The lowest BCUT2D eigenvalue weighted by molar-refractivity contribution is -0.129. The molecule has 2 N–H and O–H groups in total. The van der Waals surface area contributed by atoms with Crippen LogP contribution in [0.4, 0.5) is 5.69 Å². The largest absolute Gasteiger partial charge is 0.397 e. The Morgan fingerprint density at radius 3 is 2.76 bits per heavy atom. The van der Waals surface area contributed by atoms with Gasteiger partial charge in [-0.3, -0.25) is 4.79 Å². The van der Waals surface area contributed by atoms with E-state index in [1.165, 1.54) is 18.2 Å². The number of anilines is 1. The summed E-state index contributed by atoms with van der Waals surface area (Å²) in [6.07, 6.45) is 5.14. The second kappa shape index (κ2) is 5.91. The number of hydrogen-bond donors (Lipinski definition) is 1. The smallest absolute Gasteiger partial charge is 0.232 e. The van der Waals surface area contributed by atoms with Gasteiger partial charge >= 0.3 is 0 Å². The van der Waals surface area contributed by atoms with Crippen LogP contribution in [-0.4, -0.2) is 34.6 Å². The summed E-state index contributed by atoms with van der Waals surface area (Å²) >= 11 is 1.47. The third kappa shape index (κ3) is 3.63. The van der Waals surface area contributed by atoms with Crippen LogP contribution < -0.4 is 5.73 Å². The Bertz CT molecular complexity index is 374. The number of carbonyl (C=O) groups excluding carboxylic acids is 1. The Balaban J connectivity index is 1.81. The van der Waals surface area contributed by atoms with E-state index in [2.05, 4.69) is 4.98 Å². The Kier molecular flexibility index (Phi) is 4.25. The highest BCUT2D eigenvalue weighted by atomic mass is 32.2. The van der Waals surface area contributed by atoms with Gasteiger partial charge in [-0.2, -0.15) is 0 Å². The lowest BCUT2D eigenvalue weighted by Crippen LogP contribution is -2.36. The van der Waals surface area contributed by atoms with E-state index < -0.39 is 0 Å². The van der Waals surface area contributed by atoms with Crippen molar-refractivity contribution in [2.75, 3.05) is 24.6 Å². The molecule has 1 aliphatic heterocycles. The van der Waals surface area contributed by atoms with Gasteiger partial charge in [0.2, 0.25) is 5.91 Å².